The van der Waals surface area contributed by atoms with Gasteiger partial charge < -0.3 is 14.2 Å². The van der Waals surface area contributed by atoms with E-state index in [1.165, 1.54) is 45.0 Å². The third kappa shape index (κ3) is 5.33. The predicted molar refractivity (Wildman–Crippen MR) is 244 cm³/mol. The summed E-state index contributed by atoms with van der Waals surface area (Å²) in [4.78, 5) is 18.6. The zero-order valence-electron chi connectivity index (χ0n) is 33.5. The molecule has 1 aromatic heterocycles. The number of rotatable bonds is 4. The molecule has 8 aromatic carbocycles. The molecule has 4 nitrogen and oxygen atoms in total. The first kappa shape index (κ1) is 35.0. The highest BCUT2D eigenvalue weighted by atomic mass is 16.3. The minimum atomic E-state index is -0.111. The molecule has 4 heteroatoms. The van der Waals surface area contributed by atoms with Crippen molar-refractivity contribution in [1.82, 2.24) is 0 Å². The Morgan fingerprint density at radius 3 is 1.02 bits per heavy atom. The van der Waals surface area contributed by atoms with E-state index in [9.17, 15) is 4.79 Å². The maximum absolute atomic E-state index is 13.8. The van der Waals surface area contributed by atoms with Crippen LogP contribution in [0.5, 0.6) is 0 Å². The summed E-state index contributed by atoms with van der Waals surface area (Å²) >= 11 is 0. The Bertz CT molecular complexity index is 2880. The number of hydrogen-bond acceptors (Lipinski definition) is 4. The first-order chi connectivity index (χ1) is 28.7. The quantitative estimate of drug-likeness (QED) is 0.167. The lowest BCUT2D eigenvalue weighted by Crippen LogP contribution is -2.30. The summed E-state index contributed by atoms with van der Waals surface area (Å²) in [6.45, 7) is 9.22. The molecule has 3 heterocycles. The number of anilines is 6. The van der Waals surface area contributed by atoms with E-state index in [2.05, 4.69) is 183 Å². The van der Waals surface area contributed by atoms with Crippen molar-refractivity contribution in [3.8, 4) is 22.3 Å². The number of fused-ring (bicyclic) bond motifs is 6. The summed E-state index contributed by atoms with van der Waals surface area (Å²) in [6.07, 6.45) is 0. The molecule has 9 aromatic rings. The summed E-state index contributed by atoms with van der Waals surface area (Å²) in [5, 5.41) is 1.15. The van der Waals surface area contributed by atoms with Crippen LogP contribution in [0.3, 0.4) is 0 Å². The van der Waals surface area contributed by atoms with Crippen molar-refractivity contribution in [2.75, 3.05) is 9.80 Å². The number of nitrogens with zero attached hydrogens (tertiary/aromatic N) is 2. The molecule has 0 aliphatic carbocycles. The van der Waals surface area contributed by atoms with E-state index in [-0.39, 0.29) is 16.3 Å². The van der Waals surface area contributed by atoms with Gasteiger partial charge in [-0.25, -0.2) is 0 Å². The van der Waals surface area contributed by atoms with Crippen molar-refractivity contribution >= 4 is 56.1 Å². The van der Waals surface area contributed by atoms with Crippen LogP contribution in [0.4, 0.5) is 34.1 Å². The molecular formula is C55H42N2O2. The Kier molecular flexibility index (Phi) is 7.67. The average Bonchev–Trinajstić information content (AvgIpc) is 3.27. The second-order valence-corrected chi connectivity index (χ2v) is 16.9. The number of hydrogen-bond donors (Lipinski definition) is 0. The van der Waals surface area contributed by atoms with Gasteiger partial charge in [0.2, 0.25) is 5.43 Å². The Balaban J connectivity index is 0.925. The summed E-state index contributed by atoms with van der Waals surface area (Å²) in [5.74, 6) is 0. The monoisotopic (exact) mass is 762 g/mol. The van der Waals surface area contributed by atoms with Gasteiger partial charge in [0.1, 0.15) is 11.2 Å². The van der Waals surface area contributed by atoms with Gasteiger partial charge in [0.05, 0.1) is 33.5 Å². The smallest absolute Gasteiger partial charge is 0.200 e. The molecule has 2 aliphatic rings. The zero-order valence-corrected chi connectivity index (χ0v) is 33.5. The summed E-state index contributed by atoms with van der Waals surface area (Å²) in [7, 11) is 0. The average molecular weight is 763 g/mol. The molecule has 0 bridgehead atoms. The normalized spacial score (nSPS) is 14.7. The Morgan fingerprint density at radius 2 is 0.678 bits per heavy atom. The van der Waals surface area contributed by atoms with E-state index >= 15 is 0 Å². The lowest BCUT2D eigenvalue weighted by molar-refractivity contribution is 0.632. The van der Waals surface area contributed by atoms with Crippen molar-refractivity contribution < 1.29 is 4.42 Å². The second kappa shape index (κ2) is 12.9. The fraction of sp³-hybridized carbons (Fsp3) is 0.109. The molecule has 284 valence electrons. The molecule has 0 amide bonds. The fourth-order valence-electron chi connectivity index (χ4n) is 9.71. The van der Waals surface area contributed by atoms with Crippen LogP contribution < -0.4 is 15.2 Å². The fourth-order valence-corrected chi connectivity index (χ4v) is 9.71. The lowest BCUT2D eigenvalue weighted by atomic mass is 9.73. The highest BCUT2D eigenvalue weighted by Crippen LogP contribution is 2.53. The van der Waals surface area contributed by atoms with E-state index in [4.69, 9.17) is 4.42 Å². The molecule has 0 spiro atoms. The Labute approximate surface area is 344 Å². The van der Waals surface area contributed by atoms with Crippen molar-refractivity contribution in [1.29, 1.82) is 0 Å². The highest BCUT2D eigenvalue weighted by molar-refractivity contribution is 5.94. The zero-order chi connectivity index (χ0) is 40.0. The highest BCUT2D eigenvalue weighted by Gasteiger charge is 2.37. The van der Waals surface area contributed by atoms with Gasteiger partial charge in [0.15, 0.2) is 0 Å². The van der Waals surface area contributed by atoms with Gasteiger partial charge in [-0.15, -0.1) is 0 Å². The minimum Gasteiger partial charge on any atom is -0.456 e. The van der Waals surface area contributed by atoms with Crippen LogP contribution in [-0.4, -0.2) is 0 Å². The molecule has 2 aliphatic heterocycles. The summed E-state index contributed by atoms with van der Waals surface area (Å²) in [5.41, 5.74) is 17.2. The topological polar surface area (TPSA) is 36.7 Å². The van der Waals surface area contributed by atoms with E-state index in [1.807, 2.05) is 36.4 Å². The van der Waals surface area contributed by atoms with Crippen LogP contribution in [0.2, 0.25) is 0 Å². The molecule has 0 radical (unpaired) electrons. The first-order valence-electron chi connectivity index (χ1n) is 20.4. The van der Waals surface area contributed by atoms with E-state index in [0.717, 1.165) is 33.6 Å². The lowest BCUT2D eigenvalue weighted by Gasteiger charge is -2.42. The van der Waals surface area contributed by atoms with E-state index in [1.54, 1.807) is 0 Å². The van der Waals surface area contributed by atoms with Gasteiger partial charge in [0.25, 0.3) is 0 Å². The van der Waals surface area contributed by atoms with Crippen molar-refractivity contribution in [3.63, 3.8) is 0 Å². The predicted octanol–water partition coefficient (Wildman–Crippen LogP) is 14.5. The van der Waals surface area contributed by atoms with Gasteiger partial charge in [-0.2, -0.15) is 0 Å². The maximum atomic E-state index is 13.8. The van der Waals surface area contributed by atoms with E-state index < -0.39 is 0 Å². The van der Waals surface area contributed by atoms with Crippen LogP contribution in [-0.2, 0) is 10.8 Å². The number of para-hydroxylation sites is 4. The molecule has 59 heavy (non-hydrogen) atoms. The summed E-state index contributed by atoms with van der Waals surface area (Å²) < 4.78 is 6.57. The van der Waals surface area contributed by atoms with Crippen LogP contribution in [0.1, 0.15) is 49.9 Å². The third-order valence-electron chi connectivity index (χ3n) is 12.9. The van der Waals surface area contributed by atoms with E-state index in [0.29, 0.717) is 21.9 Å². The minimum absolute atomic E-state index is 0.0271. The Morgan fingerprint density at radius 1 is 0.373 bits per heavy atom. The third-order valence-corrected chi connectivity index (χ3v) is 12.9. The SMILES string of the molecule is CC1(C)c2ccccc2N(c2ccc(-c3ccc4c(=O)c5ccc(-c6ccc(N7c8ccccc8C(C)(C)c8ccccc87)cc6)cc5oc4c3)cc2)c2ccccc21. The molecule has 0 fully saturated rings. The first-order valence-corrected chi connectivity index (χ1v) is 20.4. The second-order valence-electron chi connectivity index (χ2n) is 16.9. The van der Waals surface area contributed by atoms with Crippen molar-refractivity contribution in [2.24, 2.45) is 0 Å². The molecule has 0 N–H and O–H groups in total. The van der Waals surface area contributed by atoms with Crippen LogP contribution in [0, 0.1) is 0 Å². The molecule has 11 rings (SSSR count). The van der Waals surface area contributed by atoms with Gasteiger partial charge in [-0.1, -0.05) is 137 Å². The van der Waals surface area contributed by atoms with Crippen LogP contribution in [0.25, 0.3) is 44.2 Å². The van der Waals surface area contributed by atoms with Crippen molar-refractivity contribution in [2.45, 2.75) is 38.5 Å². The molecule has 0 unspecified atom stereocenters. The van der Waals surface area contributed by atoms with Crippen LogP contribution >= 0.6 is 0 Å². The van der Waals surface area contributed by atoms with Gasteiger partial charge in [-0.3, -0.25) is 4.79 Å². The largest absolute Gasteiger partial charge is 0.456 e. The van der Waals surface area contributed by atoms with Crippen molar-refractivity contribution in [3.05, 3.63) is 214 Å². The Hall–Kier alpha value is -7.17. The number of benzene rings is 8. The van der Waals surface area contributed by atoms with Gasteiger partial charge in [0, 0.05) is 22.2 Å². The molecule has 0 saturated carbocycles. The standard InChI is InChI=1S/C55H42N2O2/c1-54(2)43-13-5-9-17-47(43)56(48-18-10-6-14-44(48)54)39-27-21-35(22-28-39)37-25-31-41-51(33-37)59-52-34-38(26-32-42(52)53(41)58)36-23-29-40(30-24-36)57-49-19-11-7-15-45(49)55(3,4)46-16-8-12-20-50(46)57/h5-34H,1-4H3. The molecular weight excluding hydrogens is 721 g/mol. The molecule has 0 atom stereocenters. The molecule has 0 saturated heterocycles. The van der Waals surface area contributed by atoms with Gasteiger partial charge >= 0.3 is 0 Å². The van der Waals surface area contributed by atoms with Crippen LogP contribution in [0.15, 0.2) is 191 Å². The maximum Gasteiger partial charge on any atom is 0.200 e. The summed E-state index contributed by atoms with van der Waals surface area (Å²) in [6, 6.07) is 64.0. The van der Waals surface area contributed by atoms with Gasteiger partial charge in [-0.05, 0) is 117 Å².